The lowest BCUT2D eigenvalue weighted by Crippen LogP contribution is -2.32. The lowest BCUT2D eigenvalue weighted by atomic mass is 9.73. The predicted molar refractivity (Wildman–Crippen MR) is 72.7 cm³/mol. The van der Waals surface area contributed by atoms with Crippen molar-refractivity contribution in [2.75, 3.05) is 0 Å². The minimum atomic E-state index is -0.0785. The first kappa shape index (κ1) is 13.4. The van der Waals surface area contributed by atoms with Gasteiger partial charge >= 0.3 is 0 Å². The Hall–Kier alpha value is -0.0400. The van der Waals surface area contributed by atoms with Crippen LogP contribution in [0.3, 0.4) is 0 Å². The molecule has 0 bridgehead atoms. The van der Waals surface area contributed by atoms with Gasteiger partial charge in [-0.3, -0.25) is 0 Å². The standard InChI is InChI=1S/C16H30O/c1-10-7-11(2)9-12(8-10)13(17)14-15(3,4)16(14,5)6/h10-14,17H,7-9H2,1-6H3. The molecule has 2 saturated carbocycles. The Balaban J connectivity index is 2.04. The van der Waals surface area contributed by atoms with E-state index in [0.717, 1.165) is 11.8 Å². The van der Waals surface area contributed by atoms with Crippen LogP contribution in [-0.4, -0.2) is 11.2 Å². The highest BCUT2D eigenvalue weighted by molar-refractivity contribution is 5.15. The summed E-state index contributed by atoms with van der Waals surface area (Å²) in [5, 5.41) is 10.7. The highest BCUT2D eigenvalue weighted by Crippen LogP contribution is 2.70. The minimum absolute atomic E-state index is 0.0785. The molecule has 17 heavy (non-hydrogen) atoms. The average Bonchev–Trinajstić information content (AvgIpc) is 2.54. The Morgan fingerprint density at radius 3 is 1.65 bits per heavy atom. The first-order chi connectivity index (χ1) is 7.68. The maximum absolute atomic E-state index is 10.7. The SMILES string of the molecule is CC1CC(C)CC(C(O)C2C(C)(C)C2(C)C)C1. The van der Waals surface area contributed by atoms with E-state index in [-0.39, 0.29) is 6.10 Å². The van der Waals surface area contributed by atoms with E-state index in [1.54, 1.807) is 0 Å². The second-order valence-corrected chi connectivity index (χ2v) is 8.09. The van der Waals surface area contributed by atoms with Gasteiger partial charge in [0.1, 0.15) is 0 Å². The van der Waals surface area contributed by atoms with Gasteiger partial charge in [0.15, 0.2) is 0 Å². The summed E-state index contributed by atoms with van der Waals surface area (Å²) in [6.45, 7) is 14.0. The van der Waals surface area contributed by atoms with Gasteiger partial charge in [-0.15, -0.1) is 0 Å². The largest absolute Gasteiger partial charge is 0.393 e. The summed E-state index contributed by atoms with van der Waals surface area (Å²) in [6.07, 6.45) is 3.73. The van der Waals surface area contributed by atoms with Crippen molar-refractivity contribution in [2.45, 2.75) is 66.9 Å². The van der Waals surface area contributed by atoms with Crippen molar-refractivity contribution in [3.63, 3.8) is 0 Å². The van der Waals surface area contributed by atoms with Gasteiger partial charge in [-0.05, 0) is 53.8 Å². The third-order valence-corrected chi connectivity index (χ3v) is 6.17. The fourth-order valence-corrected chi connectivity index (χ4v) is 4.66. The molecule has 0 saturated heterocycles. The van der Waals surface area contributed by atoms with Crippen molar-refractivity contribution in [1.82, 2.24) is 0 Å². The van der Waals surface area contributed by atoms with Crippen molar-refractivity contribution in [1.29, 1.82) is 0 Å². The van der Waals surface area contributed by atoms with E-state index in [1.165, 1.54) is 19.3 Å². The van der Waals surface area contributed by atoms with Crippen LogP contribution in [0, 0.1) is 34.5 Å². The summed E-state index contributed by atoms with van der Waals surface area (Å²) < 4.78 is 0. The van der Waals surface area contributed by atoms with Gasteiger partial charge in [-0.2, -0.15) is 0 Å². The van der Waals surface area contributed by atoms with Crippen LogP contribution in [0.5, 0.6) is 0 Å². The Morgan fingerprint density at radius 1 is 0.882 bits per heavy atom. The maximum atomic E-state index is 10.7. The number of aliphatic hydroxyl groups excluding tert-OH is 1. The second-order valence-electron chi connectivity index (χ2n) is 8.09. The highest BCUT2D eigenvalue weighted by atomic mass is 16.3. The summed E-state index contributed by atoms with van der Waals surface area (Å²) in [6, 6.07) is 0. The quantitative estimate of drug-likeness (QED) is 0.768. The van der Waals surface area contributed by atoms with Crippen LogP contribution in [0.2, 0.25) is 0 Å². The van der Waals surface area contributed by atoms with Gasteiger partial charge in [0.2, 0.25) is 0 Å². The molecule has 0 spiro atoms. The van der Waals surface area contributed by atoms with E-state index in [0.29, 0.717) is 22.7 Å². The molecule has 3 atom stereocenters. The molecule has 2 rings (SSSR count). The van der Waals surface area contributed by atoms with Crippen LogP contribution < -0.4 is 0 Å². The molecule has 0 aromatic heterocycles. The normalized spacial score (nSPS) is 42.2. The lowest BCUT2D eigenvalue weighted by Gasteiger charge is -2.35. The zero-order chi connectivity index (χ0) is 13.0. The molecule has 100 valence electrons. The van der Waals surface area contributed by atoms with Crippen molar-refractivity contribution in [3.05, 3.63) is 0 Å². The summed E-state index contributed by atoms with van der Waals surface area (Å²) in [4.78, 5) is 0. The molecule has 2 fully saturated rings. The van der Waals surface area contributed by atoms with Crippen molar-refractivity contribution < 1.29 is 5.11 Å². The van der Waals surface area contributed by atoms with E-state index in [1.807, 2.05) is 0 Å². The molecule has 0 amide bonds. The summed E-state index contributed by atoms with van der Waals surface area (Å²) in [7, 11) is 0. The molecular formula is C16H30O. The van der Waals surface area contributed by atoms with E-state index in [2.05, 4.69) is 41.5 Å². The molecule has 0 aromatic rings. The second kappa shape index (κ2) is 3.98. The van der Waals surface area contributed by atoms with Crippen molar-refractivity contribution in [3.8, 4) is 0 Å². The topological polar surface area (TPSA) is 20.2 Å². The molecule has 0 radical (unpaired) electrons. The van der Waals surface area contributed by atoms with Crippen LogP contribution in [0.25, 0.3) is 0 Å². The Bertz CT molecular complexity index is 268. The molecule has 0 aliphatic heterocycles. The molecule has 2 aliphatic rings. The number of hydrogen-bond acceptors (Lipinski definition) is 1. The van der Waals surface area contributed by atoms with E-state index in [9.17, 15) is 5.11 Å². The Morgan fingerprint density at radius 2 is 1.29 bits per heavy atom. The molecular weight excluding hydrogens is 208 g/mol. The number of hydrogen-bond donors (Lipinski definition) is 1. The number of rotatable bonds is 2. The zero-order valence-corrected chi connectivity index (χ0v) is 12.5. The van der Waals surface area contributed by atoms with Gasteiger partial charge in [0.25, 0.3) is 0 Å². The van der Waals surface area contributed by atoms with Crippen LogP contribution in [0.1, 0.15) is 60.8 Å². The monoisotopic (exact) mass is 238 g/mol. The van der Waals surface area contributed by atoms with Crippen molar-refractivity contribution in [2.24, 2.45) is 34.5 Å². The molecule has 1 N–H and O–H groups in total. The third kappa shape index (κ3) is 2.05. The van der Waals surface area contributed by atoms with Crippen LogP contribution >= 0.6 is 0 Å². The third-order valence-electron chi connectivity index (χ3n) is 6.17. The van der Waals surface area contributed by atoms with Gasteiger partial charge < -0.3 is 5.11 Å². The highest BCUT2D eigenvalue weighted by Gasteiger charge is 2.67. The molecule has 0 heterocycles. The maximum Gasteiger partial charge on any atom is 0.0607 e. The van der Waals surface area contributed by atoms with Crippen LogP contribution in [0.15, 0.2) is 0 Å². The fraction of sp³-hybridized carbons (Fsp3) is 1.00. The van der Waals surface area contributed by atoms with Gasteiger partial charge in [-0.25, -0.2) is 0 Å². The van der Waals surface area contributed by atoms with Crippen LogP contribution in [-0.2, 0) is 0 Å². The lowest BCUT2D eigenvalue weighted by molar-refractivity contribution is 0.0269. The molecule has 1 heteroatoms. The average molecular weight is 238 g/mol. The summed E-state index contributed by atoms with van der Waals surface area (Å²) >= 11 is 0. The van der Waals surface area contributed by atoms with E-state index >= 15 is 0 Å². The molecule has 1 nitrogen and oxygen atoms in total. The predicted octanol–water partition coefficient (Wildman–Crippen LogP) is 4.10. The van der Waals surface area contributed by atoms with Crippen LogP contribution in [0.4, 0.5) is 0 Å². The Labute approximate surface area is 107 Å². The smallest absolute Gasteiger partial charge is 0.0607 e. The molecule has 3 unspecified atom stereocenters. The first-order valence-corrected chi connectivity index (χ1v) is 7.36. The Kier molecular flexibility index (Phi) is 3.14. The number of aliphatic hydroxyl groups is 1. The van der Waals surface area contributed by atoms with Crippen molar-refractivity contribution >= 4 is 0 Å². The first-order valence-electron chi connectivity index (χ1n) is 7.36. The van der Waals surface area contributed by atoms with E-state index in [4.69, 9.17) is 0 Å². The van der Waals surface area contributed by atoms with Gasteiger partial charge in [-0.1, -0.05) is 41.5 Å². The zero-order valence-electron chi connectivity index (χ0n) is 12.5. The summed E-state index contributed by atoms with van der Waals surface area (Å²) in [5.41, 5.74) is 0.632. The fourth-order valence-electron chi connectivity index (χ4n) is 4.66. The van der Waals surface area contributed by atoms with E-state index < -0.39 is 0 Å². The summed E-state index contributed by atoms with van der Waals surface area (Å²) in [5.74, 6) is 2.63. The molecule has 2 aliphatic carbocycles. The van der Waals surface area contributed by atoms with Gasteiger partial charge in [0, 0.05) is 0 Å². The minimum Gasteiger partial charge on any atom is -0.393 e. The van der Waals surface area contributed by atoms with Gasteiger partial charge in [0.05, 0.1) is 6.10 Å². The molecule has 0 aromatic carbocycles.